The summed E-state index contributed by atoms with van der Waals surface area (Å²) in [4.78, 5) is 4.21. The Bertz CT molecular complexity index is 511. The van der Waals surface area contributed by atoms with Crippen molar-refractivity contribution in [3.05, 3.63) is 30.1 Å². The molecule has 2 heteroatoms. The second kappa shape index (κ2) is 2.87. The molecule has 0 aliphatic carbocycles. The van der Waals surface area contributed by atoms with Crippen LogP contribution in [-0.4, -0.2) is 9.55 Å². The number of hydrogen-bond acceptors (Lipinski definition) is 1. The molecule has 0 atom stereocenters. The molecule has 1 aromatic carbocycles. The Morgan fingerprint density at radius 3 is 2.85 bits per heavy atom. The number of nitrogens with zero attached hydrogens (tertiary/aromatic N) is 2. The highest BCUT2D eigenvalue weighted by Gasteiger charge is 2.08. The third-order valence-corrected chi connectivity index (χ3v) is 2.11. The van der Waals surface area contributed by atoms with Crippen molar-refractivity contribution in [1.29, 1.82) is 0 Å². The first-order valence-corrected chi connectivity index (χ1v) is 4.38. The summed E-state index contributed by atoms with van der Waals surface area (Å²) in [5, 5.41) is 0. The monoisotopic (exact) mass is 177 g/mol. The zero-order valence-corrected chi connectivity index (χ0v) is 7.78. The van der Waals surface area contributed by atoms with E-state index in [1.54, 1.807) is 4.57 Å². The lowest BCUT2D eigenvalue weighted by atomic mass is 10.3. The molecule has 0 spiro atoms. The first-order valence-electron chi connectivity index (χ1n) is 5.88. The smallest absolute Gasteiger partial charge is 0.106 e. The van der Waals surface area contributed by atoms with E-state index in [9.17, 15) is 0 Å². The molecule has 68 valence electrons. The standard InChI is InChI=1S/C11H14N2/c1-8(2)13-9(3)12-10-6-4-5-7-11(10)13/h4-8H,1-3H3/i3D3. The summed E-state index contributed by atoms with van der Waals surface area (Å²) in [7, 11) is 0. The summed E-state index contributed by atoms with van der Waals surface area (Å²) < 4.78 is 24.2. The van der Waals surface area contributed by atoms with Crippen molar-refractivity contribution in [3.8, 4) is 0 Å². The molecule has 0 amide bonds. The van der Waals surface area contributed by atoms with E-state index in [1.807, 2.05) is 38.1 Å². The van der Waals surface area contributed by atoms with Gasteiger partial charge < -0.3 is 4.57 Å². The van der Waals surface area contributed by atoms with Crippen LogP contribution in [0.15, 0.2) is 24.3 Å². The van der Waals surface area contributed by atoms with Crippen molar-refractivity contribution in [2.75, 3.05) is 0 Å². The van der Waals surface area contributed by atoms with Crippen LogP contribution in [0.3, 0.4) is 0 Å². The topological polar surface area (TPSA) is 17.8 Å². The SMILES string of the molecule is [2H]C([2H])([2H])c1nc2ccccc2n1C(C)C. The molecular weight excluding hydrogens is 160 g/mol. The molecule has 0 aliphatic rings. The van der Waals surface area contributed by atoms with Crippen LogP contribution in [0.25, 0.3) is 11.0 Å². The van der Waals surface area contributed by atoms with E-state index in [-0.39, 0.29) is 11.9 Å². The van der Waals surface area contributed by atoms with Crippen LogP contribution in [-0.2, 0) is 0 Å². The molecule has 1 heterocycles. The van der Waals surface area contributed by atoms with Crippen LogP contribution < -0.4 is 0 Å². The highest BCUT2D eigenvalue weighted by atomic mass is 15.1. The Labute approximate surface area is 82.4 Å². The number of aromatic nitrogens is 2. The van der Waals surface area contributed by atoms with E-state index >= 15 is 0 Å². The fraction of sp³-hybridized carbons (Fsp3) is 0.364. The van der Waals surface area contributed by atoms with E-state index in [0.717, 1.165) is 11.0 Å². The fourth-order valence-corrected chi connectivity index (χ4v) is 1.57. The van der Waals surface area contributed by atoms with E-state index in [0.29, 0.717) is 0 Å². The first-order chi connectivity index (χ1) is 7.41. The number of rotatable bonds is 1. The second-order valence-electron chi connectivity index (χ2n) is 3.39. The van der Waals surface area contributed by atoms with Gasteiger partial charge in [0.2, 0.25) is 0 Å². The molecule has 2 aromatic rings. The highest BCUT2D eigenvalue weighted by Crippen LogP contribution is 2.19. The number of fused-ring (bicyclic) bond motifs is 1. The molecule has 0 N–H and O–H groups in total. The van der Waals surface area contributed by atoms with Gasteiger partial charge in [-0.3, -0.25) is 0 Å². The first kappa shape index (κ1) is 5.43. The Hall–Kier alpha value is -1.31. The Morgan fingerprint density at radius 1 is 1.38 bits per heavy atom. The fourth-order valence-electron chi connectivity index (χ4n) is 1.57. The summed E-state index contributed by atoms with van der Waals surface area (Å²) in [6, 6.07) is 7.58. The molecule has 13 heavy (non-hydrogen) atoms. The molecule has 0 unspecified atom stereocenters. The predicted molar refractivity (Wildman–Crippen MR) is 54.9 cm³/mol. The largest absolute Gasteiger partial charge is 0.326 e. The molecule has 2 rings (SSSR count). The summed E-state index contributed by atoms with van der Waals surface area (Å²) in [5.74, 6) is 0.170. The molecule has 0 radical (unpaired) electrons. The van der Waals surface area contributed by atoms with Crippen LogP contribution in [0.1, 0.15) is 29.8 Å². The van der Waals surface area contributed by atoms with Gasteiger partial charge in [0.25, 0.3) is 0 Å². The highest BCUT2D eigenvalue weighted by molar-refractivity contribution is 5.75. The van der Waals surface area contributed by atoms with Gasteiger partial charge in [-0.1, -0.05) is 12.1 Å². The molecule has 0 fully saturated rings. The summed E-state index contributed by atoms with van der Waals surface area (Å²) in [6.45, 7) is 1.76. The Balaban J connectivity index is 2.78. The minimum Gasteiger partial charge on any atom is -0.326 e. The van der Waals surface area contributed by atoms with Crippen molar-refractivity contribution in [1.82, 2.24) is 9.55 Å². The van der Waals surface area contributed by atoms with E-state index in [1.165, 1.54) is 0 Å². The third-order valence-electron chi connectivity index (χ3n) is 2.11. The van der Waals surface area contributed by atoms with E-state index in [2.05, 4.69) is 4.98 Å². The van der Waals surface area contributed by atoms with Crippen LogP contribution >= 0.6 is 0 Å². The normalized spacial score (nSPS) is 15.8. The quantitative estimate of drug-likeness (QED) is 0.655. The summed E-state index contributed by atoms with van der Waals surface area (Å²) >= 11 is 0. The average Bonchev–Trinajstić information content (AvgIpc) is 2.55. The van der Waals surface area contributed by atoms with Gasteiger partial charge in [-0.25, -0.2) is 4.98 Å². The molecule has 0 saturated carbocycles. The lowest BCUT2D eigenvalue weighted by Gasteiger charge is -2.10. The number of aryl methyl sites for hydroxylation is 1. The summed E-state index contributed by atoms with van der Waals surface area (Å²) in [5.41, 5.74) is 1.62. The molecule has 0 bridgehead atoms. The maximum atomic E-state index is 7.49. The lowest BCUT2D eigenvalue weighted by molar-refractivity contribution is 0.600. The van der Waals surface area contributed by atoms with Crippen molar-refractivity contribution in [3.63, 3.8) is 0 Å². The van der Waals surface area contributed by atoms with E-state index < -0.39 is 6.85 Å². The summed E-state index contributed by atoms with van der Waals surface area (Å²) in [6.07, 6.45) is 0. The van der Waals surface area contributed by atoms with Crippen LogP contribution in [0.4, 0.5) is 0 Å². The number of para-hydroxylation sites is 2. The van der Waals surface area contributed by atoms with Gasteiger partial charge in [-0.15, -0.1) is 0 Å². The van der Waals surface area contributed by atoms with Crippen molar-refractivity contribution < 1.29 is 4.11 Å². The molecular formula is C11H14N2. The van der Waals surface area contributed by atoms with Crippen molar-refractivity contribution >= 4 is 11.0 Å². The maximum Gasteiger partial charge on any atom is 0.106 e. The van der Waals surface area contributed by atoms with Crippen LogP contribution in [0.2, 0.25) is 0 Å². The molecule has 0 saturated heterocycles. The van der Waals surface area contributed by atoms with Gasteiger partial charge >= 0.3 is 0 Å². The van der Waals surface area contributed by atoms with Gasteiger partial charge in [0.15, 0.2) is 0 Å². The number of imidazole rings is 1. The zero-order chi connectivity index (χ0) is 11.9. The van der Waals surface area contributed by atoms with Crippen molar-refractivity contribution in [2.24, 2.45) is 0 Å². The van der Waals surface area contributed by atoms with Gasteiger partial charge in [0.1, 0.15) is 5.82 Å². The Kier molecular flexibility index (Phi) is 1.20. The second-order valence-corrected chi connectivity index (χ2v) is 3.39. The number of benzene rings is 1. The number of hydrogen-bond donors (Lipinski definition) is 0. The molecule has 1 aromatic heterocycles. The lowest BCUT2D eigenvalue weighted by Crippen LogP contribution is -2.02. The predicted octanol–water partition coefficient (Wildman–Crippen LogP) is 2.93. The minimum atomic E-state index is -2.16. The third kappa shape index (κ3) is 1.22. The van der Waals surface area contributed by atoms with E-state index in [4.69, 9.17) is 4.11 Å². The molecule has 2 nitrogen and oxygen atoms in total. The average molecular weight is 177 g/mol. The van der Waals surface area contributed by atoms with Crippen LogP contribution in [0.5, 0.6) is 0 Å². The van der Waals surface area contributed by atoms with Gasteiger partial charge in [0.05, 0.1) is 11.0 Å². The minimum absolute atomic E-state index is 0.0859. The van der Waals surface area contributed by atoms with Crippen LogP contribution in [0, 0.1) is 6.85 Å². The maximum absolute atomic E-state index is 7.49. The molecule has 0 aliphatic heterocycles. The van der Waals surface area contributed by atoms with Gasteiger partial charge in [-0.05, 0) is 32.8 Å². The zero-order valence-electron chi connectivity index (χ0n) is 10.8. The van der Waals surface area contributed by atoms with Gasteiger partial charge in [-0.2, -0.15) is 0 Å². The van der Waals surface area contributed by atoms with Gasteiger partial charge in [0, 0.05) is 10.2 Å². The van der Waals surface area contributed by atoms with Crippen molar-refractivity contribution in [2.45, 2.75) is 26.7 Å². The Morgan fingerprint density at radius 2 is 2.15 bits per heavy atom.